The Morgan fingerprint density at radius 1 is 1.04 bits per heavy atom. The van der Waals surface area contributed by atoms with Crippen LogP contribution in [0.25, 0.3) is 11.1 Å². The van der Waals surface area contributed by atoms with Crippen molar-refractivity contribution in [1.82, 2.24) is 0 Å². The van der Waals surface area contributed by atoms with Crippen molar-refractivity contribution in [3.8, 4) is 16.9 Å². The van der Waals surface area contributed by atoms with Gasteiger partial charge in [0, 0.05) is 11.6 Å². The molecule has 1 heterocycles. The van der Waals surface area contributed by atoms with Gasteiger partial charge in [-0.3, -0.25) is 9.13 Å². The summed E-state index contributed by atoms with van der Waals surface area (Å²) < 4.78 is 29.9. The molecule has 0 saturated heterocycles. The van der Waals surface area contributed by atoms with Gasteiger partial charge in [-0.25, -0.2) is 4.57 Å². The lowest BCUT2D eigenvalue weighted by Crippen LogP contribution is -2.39. The summed E-state index contributed by atoms with van der Waals surface area (Å²) in [6.07, 6.45) is 3.96. The molecule has 0 amide bonds. The maximum absolute atomic E-state index is 11.5. The molecule has 0 aliphatic heterocycles. The molecule has 2 aromatic rings. The maximum Gasteiger partial charge on any atom is 0.347 e. The summed E-state index contributed by atoms with van der Waals surface area (Å²) in [4.78, 5) is 37.1. The van der Waals surface area contributed by atoms with Crippen LogP contribution >= 0.6 is 15.2 Å². The molecule has 4 N–H and O–H groups in total. The standard InChI is InChI=1S/C16H21NO7P2/c1-2-9-24-15-7-3-5-13(10-15)14-6-4-8-17(11-14)12-16(25(18,19)20)26(21,22)23/h3-8,10-11,16H,2,9,12H2,1H3,(H3-,18,19,20,21,22,23)/p+1. The smallest absolute Gasteiger partial charge is 0.347 e. The first-order valence-electron chi connectivity index (χ1n) is 7.94. The topological polar surface area (TPSA) is 128 Å². The van der Waals surface area contributed by atoms with Gasteiger partial charge in [-0.1, -0.05) is 19.1 Å². The predicted octanol–water partition coefficient (Wildman–Crippen LogP) is 2.11. The van der Waals surface area contributed by atoms with Crippen LogP contribution in [0.1, 0.15) is 13.3 Å². The molecule has 8 nitrogen and oxygen atoms in total. The number of pyridine rings is 1. The largest absolute Gasteiger partial charge is 0.494 e. The number of rotatable bonds is 8. The zero-order valence-corrected chi connectivity index (χ0v) is 16.0. The van der Waals surface area contributed by atoms with E-state index in [4.69, 9.17) is 4.74 Å². The molecule has 0 aliphatic rings. The van der Waals surface area contributed by atoms with Crippen molar-refractivity contribution in [3.05, 3.63) is 48.8 Å². The fourth-order valence-electron chi connectivity index (χ4n) is 2.39. The average molecular weight is 402 g/mol. The summed E-state index contributed by atoms with van der Waals surface area (Å²) in [6, 6.07) is 10.8. The van der Waals surface area contributed by atoms with Gasteiger partial charge in [-0.05, 0) is 30.2 Å². The van der Waals surface area contributed by atoms with E-state index >= 15 is 0 Å². The molecule has 0 radical (unpaired) electrons. The van der Waals surface area contributed by atoms with Crippen LogP contribution in [0.15, 0.2) is 48.8 Å². The monoisotopic (exact) mass is 402 g/mol. The van der Waals surface area contributed by atoms with E-state index in [1.165, 1.54) is 10.8 Å². The summed E-state index contributed by atoms with van der Waals surface area (Å²) in [5.41, 5.74) is 1.54. The number of ether oxygens (including phenoxy) is 1. The van der Waals surface area contributed by atoms with Gasteiger partial charge in [0.25, 0.3) is 0 Å². The lowest BCUT2D eigenvalue weighted by atomic mass is 10.1. The van der Waals surface area contributed by atoms with Gasteiger partial charge in [0.15, 0.2) is 18.9 Å². The van der Waals surface area contributed by atoms with Crippen molar-refractivity contribution in [2.24, 2.45) is 0 Å². The summed E-state index contributed by atoms with van der Waals surface area (Å²) in [7, 11) is -9.95. The first-order chi connectivity index (χ1) is 12.1. The molecule has 0 saturated carbocycles. The molecule has 10 heteroatoms. The van der Waals surface area contributed by atoms with Gasteiger partial charge in [0.05, 0.1) is 6.61 Å². The Kier molecular flexibility index (Phi) is 6.74. The minimum absolute atomic E-state index is 0.506. The highest BCUT2D eigenvalue weighted by molar-refractivity contribution is 7.70. The lowest BCUT2D eigenvalue weighted by molar-refractivity contribution is -0.694. The fourth-order valence-corrected chi connectivity index (χ4v) is 4.76. The highest BCUT2D eigenvalue weighted by atomic mass is 31.2. The molecule has 0 atom stereocenters. The molecule has 26 heavy (non-hydrogen) atoms. The lowest BCUT2D eigenvalue weighted by Gasteiger charge is -2.16. The van der Waals surface area contributed by atoms with Crippen molar-refractivity contribution in [2.75, 3.05) is 6.61 Å². The molecular formula is C16H22NO7P2+. The van der Waals surface area contributed by atoms with Crippen LogP contribution in [0.4, 0.5) is 0 Å². The number of hydrogen-bond donors (Lipinski definition) is 4. The first-order valence-corrected chi connectivity index (χ1v) is 11.3. The van der Waals surface area contributed by atoms with Gasteiger partial charge >= 0.3 is 15.2 Å². The van der Waals surface area contributed by atoms with Crippen LogP contribution in [-0.2, 0) is 15.7 Å². The van der Waals surface area contributed by atoms with Crippen LogP contribution in [0.5, 0.6) is 5.75 Å². The molecular weight excluding hydrogens is 380 g/mol. The van der Waals surface area contributed by atoms with Crippen molar-refractivity contribution in [1.29, 1.82) is 0 Å². The number of benzene rings is 1. The van der Waals surface area contributed by atoms with Crippen molar-refractivity contribution in [2.45, 2.75) is 25.3 Å². The molecule has 0 aliphatic carbocycles. The van der Waals surface area contributed by atoms with Crippen LogP contribution in [0.2, 0.25) is 0 Å². The predicted molar refractivity (Wildman–Crippen MR) is 95.7 cm³/mol. The average Bonchev–Trinajstić information content (AvgIpc) is 2.56. The highest BCUT2D eigenvalue weighted by Crippen LogP contribution is 2.59. The Hall–Kier alpha value is -1.53. The van der Waals surface area contributed by atoms with Crippen LogP contribution in [0, 0.1) is 0 Å². The minimum atomic E-state index is -4.97. The zero-order chi connectivity index (χ0) is 19.4. The Morgan fingerprint density at radius 3 is 2.31 bits per heavy atom. The molecule has 142 valence electrons. The molecule has 1 aromatic carbocycles. The van der Waals surface area contributed by atoms with E-state index in [0.29, 0.717) is 12.4 Å². The third kappa shape index (κ3) is 5.74. The molecule has 0 unspecified atom stereocenters. The Morgan fingerprint density at radius 2 is 1.69 bits per heavy atom. The number of hydrogen-bond acceptors (Lipinski definition) is 3. The zero-order valence-electron chi connectivity index (χ0n) is 14.2. The van der Waals surface area contributed by atoms with Crippen LogP contribution < -0.4 is 9.30 Å². The molecule has 0 fully saturated rings. The van der Waals surface area contributed by atoms with Crippen molar-refractivity contribution in [3.63, 3.8) is 0 Å². The van der Waals surface area contributed by atoms with Gasteiger partial charge in [-0.15, -0.1) is 0 Å². The molecule has 1 aromatic heterocycles. The van der Waals surface area contributed by atoms with Gasteiger partial charge < -0.3 is 24.3 Å². The van der Waals surface area contributed by atoms with Crippen molar-refractivity contribution >= 4 is 15.2 Å². The van der Waals surface area contributed by atoms with E-state index in [-0.39, 0.29) is 0 Å². The second kappa shape index (κ2) is 8.44. The quantitative estimate of drug-likeness (QED) is 0.393. The Balaban J connectivity index is 2.30. The normalized spacial score (nSPS) is 12.4. The molecule has 0 spiro atoms. The van der Waals surface area contributed by atoms with E-state index < -0.39 is 27.1 Å². The molecule has 0 bridgehead atoms. The highest BCUT2D eigenvalue weighted by Gasteiger charge is 2.46. The minimum Gasteiger partial charge on any atom is -0.494 e. The summed E-state index contributed by atoms with van der Waals surface area (Å²) in [5, 5.41) is -2.09. The third-order valence-electron chi connectivity index (χ3n) is 3.65. The van der Waals surface area contributed by atoms with Crippen LogP contribution in [0.3, 0.4) is 0 Å². The number of nitrogens with zero attached hydrogens (tertiary/aromatic N) is 1. The fraction of sp³-hybridized carbons (Fsp3) is 0.312. The first kappa shape index (κ1) is 20.8. The Bertz CT molecular complexity index is 824. The summed E-state index contributed by atoms with van der Waals surface area (Å²) in [6.45, 7) is 2.08. The van der Waals surface area contributed by atoms with E-state index in [9.17, 15) is 28.7 Å². The maximum atomic E-state index is 11.5. The van der Waals surface area contributed by atoms with Crippen molar-refractivity contribution < 1.29 is 38.0 Å². The summed E-state index contributed by atoms with van der Waals surface area (Å²) in [5.74, 6) is 0.697. The second-order valence-corrected chi connectivity index (χ2v) is 9.83. The SMILES string of the molecule is CCCOc1cccc(-c2ccc[n+](CC(P(=O)(O)O)P(=O)(O)O)c2)c1. The van der Waals surface area contributed by atoms with Gasteiger partial charge in [0.1, 0.15) is 5.75 Å². The van der Waals surface area contributed by atoms with E-state index in [0.717, 1.165) is 17.5 Å². The summed E-state index contributed by atoms with van der Waals surface area (Å²) >= 11 is 0. The van der Waals surface area contributed by atoms with Gasteiger partial charge in [0.2, 0.25) is 5.40 Å². The third-order valence-corrected chi connectivity index (χ3v) is 7.33. The second-order valence-electron chi connectivity index (χ2n) is 5.82. The van der Waals surface area contributed by atoms with Gasteiger partial charge in [-0.2, -0.15) is 0 Å². The van der Waals surface area contributed by atoms with E-state index in [1.54, 1.807) is 18.3 Å². The Labute approximate surface area is 151 Å². The van der Waals surface area contributed by atoms with E-state index in [1.807, 2.05) is 31.2 Å². The van der Waals surface area contributed by atoms with Crippen LogP contribution in [-0.4, -0.2) is 31.6 Å². The molecule has 2 rings (SSSR count). The van der Waals surface area contributed by atoms with E-state index in [2.05, 4.69) is 0 Å². The number of aromatic nitrogens is 1.